The van der Waals surface area contributed by atoms with Crippen LogP contribution < -0.4 is 5.32 Å². The molecule has 0 heterocycles. The normalized spacial score (nSPS) is 14.0. The summed E-state index contributed by atoms with van der Waals surface area (Å²) in [6.07, 6.45) is -6.13. The summed E-state index contributed by atoms with van der Waals surface area (Å²) in [7, 11) is 0. The number of carbonyl (C=O) groups excluding carboxylic acids is 3. The summed E-state index contributed by atoms with van der Waals surface area (Å²) >= 11 is 0. The molecule has 0 saturated heterocycles. The van der Waals surface area contributed by atoms with E-state index in [1.165, 1.54) is 20.8 Å². The Labute approximate surface area is 184 Å². The summed E-state index contributed by atoms with van der Waals surface area (Å²) in [6.45, 7) is 6.29. The van der Waals surface area contributed by atoms with Crippen LogP contribution in [0.4, 0.5) is 13.2 Å². The monoisotopic (exact) mass is 452 g/mol. The van der Waals surface area contributed by atoms with Gasteiger partial charge in [0, 0.05) is 0 Å². The number of halogens is 3. The molecule has 32 heavy (non-hydrogen) atoms. The topological polar surface area (TPSA) is 75.7 Å². The fraction of sp³-hybridized carbons (Fsp3) is 0.435. The van der Waals surface area contributed by atoms with Gasteiger partial charge in [-0.3, -0.25) is 19.2 Å². The highest BCUT2D eigenvalue weighted by Gasteiger charge is 2.42. The lowest BCUT2D eigenvalue weighted by molar-refractivity contribution is -0.244. The van der Waals surface area contributed by atoms with Gasteiger partial charge in [0.15, 0.2) is 0 Å². The van der Waals surface area contributed by atoms with E-state index in [-0.39, 0.29) is 11.5 Å². The van der Waals surface area contributed by atoms with E-state index < -0.39 is 42.0 Å². The number of hydrogen-bond donors (Lipinski definition) is 1. The third-order valence-corrected chi connectivity index (χ3v) is 4.63. The van der Waals surface area contributed by atoms with E-state index in [0.29, 0.717) is 12.0 Å². The zero-order valence-electron chi connectivity index (χ0n) is 18.4. The van der Waals surface area contributed by atoms with Crippen LogP contribution in [0.5, 0.6) is 0 Å². The molecule has 0 spiro atoms. The Morgan fingerprint density at radius 1 is 1.09 bits per heavy atom. The van der Waals surface area contributed by atoms with Gasteiger partial charge < -0.3 is 5.32 Å². The second kappa shape index (κ2) is 10.1. The summed E-state index contributed by atoms with van der Waals surface area (Å²) in [6, 6.07) is 10.3. The maximum absolute atomic E-state index is 13.1. The molecular weight excluding hydrogens is 425 g/mol. The number of ketones is 1. The second-order valence-corrected chi connectivity index (χ2v) is 8.41. The van der Waals surface area contributed by atoms with Crippen LogP contribution in [0.25, 0.3) is 10.8 Å². The zero-order chi connectivity index (χ0) is 24.1. The van der Waals surface area contributed by atoms with Gasteiger partial charge in [0.2, 0.25) is 12.2 Å². The molecule has 174 valence electrons. The molecule has 2 aromatic carbocycles. The molecular formula is C23H27F3N2O4. The van der Waals surface area contributed by atoms with E-state index in [9.17, 15) is 27.6 Å². The van der Waals surface area contributed by atoms with Crippen LogP contribution in [-0.4, -0.2) is 41.0 Å². The number of hydroxylamine groups is 2. The number of alkyl halides is 3. The van der Waals surface area contributed by atoms with Gasteiger partial charge in [-0.25, -0.2) is 5.06 Å². The Hall–Kier alpha value is -2.94. The molecule has 0 aliphatic heterocycles. The van der Waals surface area contributed by atoms with E-state index in [4.69, 9.17) is 4.84 Å². The third-order valence-electron chi connectivity index (χ3n) is 4.63. The lowest BCUT2D eigenvalue weighted by Crippen LogP contribution is -2.51. The van der Waals surface area contributed by atoms with Crippen LogP contribution in [0.15, 0.2) is 42.5 Å². The summed E-state index contributed by atoms with van der Waals surface area (Å²) in [5, 5.41) is 4.68. The van der Waals surface area contributed by atoms with Crippen LogP contribution in [0, 0.1) is 0 Å². The van der Waals surface area contributed by atoms with E-state index in [1.54, 1.807) is 13.0 Å². The first kappa shape index (κ1) is 25.3. The summed E-state index contributed by atoms with van der Waals surface area (Å²) in [4.78, 5) is 42.0. The Morgan fingerprint density at radius 3 is 2.25 bits per heavy atom. The first-order chi connectivity index (χ1) is 14.8. The molecule has 2 aromatic rings. The largest absolute Gasteiger partial charge is 0.391 e. The molecule has 1 N–H and O–H groups in total. The lowest BCUT2D eigenvalue weighted by atomic mass is 9.99. The number of carbonyl (C=O) groups is 3. The van der Waals surface area contributed by atoms with E-state index in [2.05, 4.69) is 5.32 Å². The van der Waals surface area contributed by atoms with Gasteiger partial charge in [-0.2, -0.15) is 13.2 Å². The molecule has 2 atom stereocenters. The van der Waals surface area contributed by atoms with E-state index >= 15 is 0 Å². The molecule has 0 fully saturated rings. The van der Waals surface area contributed by atoms with Gasteiger partial charge in [-0.15, -0.1) is 0 Å². The van der Waals surface area contributed by atoms with Gasteiger partial charge in [-0.05, 0) is 49.6 Å². The maximum atomic E-state index is 13.1. The summed E-state index contributed by atoms with van der Waals surface area (Å²) < 4.78 is 39.4. The van der Waals surface area contributed by atoms with E-state index in [1.807, 2.05) is 36.4 Å². The van der Waals surface area contributed by atoms with Crippen LogP contribution in [0.1, 0.15) is 52.1 Å². The second-order valence-electron chi connectivity index (χ2n) is 8.41. The fourth-order valence-electron chi connectivity index (χ4n) is 3.22. The minimum Gasteiger partial charge on any atom is -0.343 e. The van der Waals surface area contributed by atoms with Crippen molar-refractivity contribution < 1.29 is 32.4 Å². The lowest BCUT2D eigenvalue weighted by Gasteiger charge is -2.32. The number of rotatable bonds is 9. The number of benzene rings is 2. The van der Waals surface area contributed by atoms with Crippen molar-refractivity contribution in [1.29, 1.82) is 0 Å². The van der Waals surface area contributed by atoms with Gasteiger partial charge in [0.1, 0.15) is 6.04 Å². The van der Waals surface area contributed by atoms with Crippen molar-refractivity contribution >= 4 is 28.9 Å². The number of nitrogens with zero attached hydrogens (tertiary/aromatic N) is 1. The summed E-state index contributed by atoms with van der Waals surface area (Å²) in [5.74, 6) is -2.62. The van der Waals surface area contributed by atoms with Crippen LogP contribution in [0.2, 0.25) is 0 Å². The molecule has 0 aliphatic rings. The first-order valence-electron chi connectivity index (χ1n) is 10.2. The van der Waals surface area contributed by atoms with Crippen molar-refractivity contribution in [2.45, 2.75) is 64.4 Å². The van der Waals surface area contributed by atoms with Gasteiger partial charge in [-0.1, -0.05) is 43.3 Å². The first-order valence-corrected chi connectivity index (χ1v) is 10.2. The Kier molecular flexibility index (Phi) is 8.01. The average molecular weight is 452 g/mol. The molecule has 0 radical (unpaired) electrons. The SMILES string of the molecule is CC[C@@H](NC(=O)C(=O)[C@H](CC(F)(F)F)N(C=O)OC(C)(C)C)c1ccc2ccccc2c1. The highest BCUT2D eigenvalue weighted by molar-refractivity contribution is 6.38. The van der Waals surface area contributed by atoms with Gasteiger partial charge >= 0.3 is 6.18 Å². The van der Waals surface area contributed by atoms with Gasteiger partial charge in [0.25, 0.3) is 5.91 Å². The number of fused-ring (bicyclic) bond motifs is 1. The molecule has 6 nitrogen and oxygen atoms in total. The van der Waals surface area contributed by atoms with Crippen molar-refractivity contribution in [2.75, 3.05) is 0 Å². The Bertz CT molecular complexity index is 970. The number of nitrogens with one attached hydrogen (secondary N) is 1. The molecule has 2 amide bonds. The predicted molar refractivity (Wildman–Crippen MR) is 113 cm³/mol. The quantitative estimate of drug-likeness (QED) is 0.346. The van der Waals surface area contributed by atoms with Gasteiger partial charge in [0.05, 0.1) is 18.1 Å². The molecule has 2 rings (SSSR count). The number of hydrogen-bond acceptors (Lipinski definition) is 4. The fourth-order valence-corrected chi connectivity index (χ4v) is 3.22. The van der Waals surface area contributed by atoms with E-state index in [0.717, 1.165) is 10.8 Å². The highest BCUT2D eigenvalue weighted by Crippen LogP contribution is 2.27. The molecule has 0 bridgehead atoms. The maximum Gasteiger partial charge on any atom is 0.391 e. The molecule has 0 saturated carbocycles. The summed E-state index contributed by atoms with van der Waals surface area (Å²) in [5.41, 5.74) is -0.351. The van der Waals surface area contributed by atoms with Crippen molar-refractivity contribution in [3.63, 3.8) is 0 Å². The number of Topliss-reactive ketones (excluding diaryl/α,β-unsaturated/α-hetero) is 1. The minimum absolute atomic E-state index is 0.0204. The third kappa shape index (κ3) is 7.05. The van der Waals surface area contributed by atoms with Crippen LogP contribution >= 0.6 is 0 Å². The predicted octanol–water partition coefficient (Wildman–Crippen LogP) is 4.49. The van der Waals surface area contributed by atoms with Crippen molar-refractivity contribution in [2.24, 2.45) is 0 Å². The standard InChI is InChI=1S/C23H27F3N2O4/c1-5-18(17-11-10-15-8-6-7-9-16(15)12-17)27-21(31)20(30)19(13-23(24,25)26)28(14-29)32-22(2,3)4/h6-12,14,18-19H,5,13H2,1-4H3,(H,27,31)/t18-,19+/m1/s1. The van der Waals surface area contributed by atoms with Crippen LogP contribution in [-0.2, 0) is 19.2 Å². The Balaban J connectivity index is 2.27. The average Bonchev–Trinajstić information content (AvgIpc) is 2.71. The molecule has 0 aliphatic carbocycles. The molecule has 0 aromatic heterocycles. The molecule has 0 unspecified atom stereocenters. The zero-order valence-corrected chi connectivity index (χ0v) is 18.4. The van der Waals surface area contributed by atoms with Crippen molar-refractivity contribution in [3.05, 3.63) is 48.0 Å². The van der Waals surface area contributed by atoms with Crippen LogP contribution in [0.3, 0.4) is 0 Å². The van der Waals surface area contributed by atoms with Crippen molar-refractivity contribution in [1.82, 2.24) is 10.4 Å². The smallest absolute Gasteiger partial charge is 0.343 e. The Morgan fingerprint density at radius 2 is 1.72 bits per heavy atom. The van der Waals surface area contributed by atoms with Crippen molar-refractivity contribution in [3.8, 4) is 0 Å². The number of amides is 2. The highest BCUT2D eigenvalue weighted by atomic mass is 19.4. The molecule has 9 heteroatoms. The minimum atomic E-state index is -4.80.